The third kappa shape index (κ3) is 7.09. The van der Waals surface area contributed by atoms with Gasteiger partial charge in [0.05, 0.1) is 17.8 Å². The summed E-state index contributed by atoms with van der Waals surface area (Å²) in [6.45, 7) is 8.50. The van der Waals surface area contributed by atoms with Crippen LogP contribution < -0.4 is 21.1 Å². The van der Waals surface area contributed by atoms with E-state index in [1.54, 1.807) is 26.2 Å². The average Bonchev–Trinajstić information content (AvgIpc) is 3.14. The van der Waals surface area contributed by atoms with Crippen molar-refractivity contribution >= 4 is 29.1 Å². The van der Waals surface area contributed by atoms with Crippen LogP contribution >= 0.6 is 0 Å². The number of likely N-dealkylation sites (tertiary alicyclic amines) is 2. The van der Waals surface area contributed by atoms with Crippen LogP contribution in [0.5, 0.6) is 0 Å². The molecule has 1 unspecified atom stereocenters. The Hall–Kier alpha value is -4.58. The van der Waals surface area contributed by atoms with Crippen LogP contribution in [0.15, 0.2) is 47.4 Å². The van der Waals surface area contributed by atoms with E-state index in [1.165, 1.54) is 10.2 Å². The van der Waals surface area contributed by atoms with E-state index < -0.39 is 11.8 Å². The fraction of sp³-hybridized carbons (Fsp3) is 0.525. The van der Waals surface area contributed by atoms with E-state index in [2.05, 4.69) is 44.7 Å². The molecule has 3 aromatic rings. The van der Waals surface area contributed by atoms with Crippen LogP contribution in [0, 0.1) is 25.1 Å². The van der Waals surface area contributed by atoms with Gasteiger partial charge in [-0.25, -0.2) is 9.07 Å². The lowest BCUT2D eigenvalue weighted by atomic mass is 9.71. The van der Waals surface area contributed by atoms with E-state index in [1.807, 2.05) is 30.0 Å². The van der Waals surface area contributed by atoms with E-state index in [0.29, 0.717) is 34.6 Å². The van der Waals surface area contributed by atoms with Crippen LogP contribution in [0.3, 0.4) is 0 Å². The fourth-order valence-corrected chi connectivity index (χ4v) is 8.97. The molecular formula is C40H50FN7O4. The van der Waals surface area contributed by atoms with Crippen molar-refractivity contribution in [3.05, 3.63) is 86.6 Å². The maximum atomic E-state index is 15.6. The molecule has 276 valence electrons. The minimum Gasteiger partial charge on any atom is -0.379 e. The molecule has 2 aromatic carbocycles. The van der Waals surface area contributed by atoms with Crippen LogP contribution in [-0.2, 0) is 16.6 Å². The zero-order chi connectivity index (χ0) is 36.7. The standard InChI is InChI=1S/C40H50FN7O4/c1-25-33(22-42-46(4)38(25)51)43-30-21-29(23-45(3)24-30)27-5-7-28(8-6-27)39(52)48-19-15-40(16-20-48)13-17-47(18-14-40)34-11-9-31(36(41)26(34)2)32-10-12-35(49)44-37(32)50/h5-9,11,22,29-30,32,43H,10,12-21,23-24H2,1-4H3,(H,44,49,50)/t29-,30+,32?/m0/s1. The molecule has 1 aromatic heterocycles. The number of carbonyl (C=O) groups is 3. The van der Waals surface area contributed by atoms with Gasteiger partial charge in [0.25, 0.3) is 11.5 Å². The summed E-state index contributed by atoms with van der Waals surface area (Å²) in [7, 11) is 3.77. The van der Waals surface area contributed by atoms with E-state index >= 15 is 4.39 Å². The molecule has 5 heterocycles. The number of likely N-dealkylation sites (N-methyl/N-ethyl adjacent to an activating group) is 1. The third-order valence-electron chi connectivity index (χ3n) is 12.3. The van der Waals surface area contributed by atoms with E-state index in [9.17, 15) is 19.2 Å². The fourth-order valence-electron chi connectivity index (χ4n) is 8.97. The van der Waals surface area contributed by atoms with Gasteiger partial charge in [-0.05, 0) is 94.5 Å². The minimum absolute atomic E-state index is 0.0787. The number of amides is 3. The molecular weight excluding hydrogens is 661 g/mol. The van der Waals surface area contributed by atoms with Crippen molar-refractivity contribution in [2.75, 3.05) is 56.5 Å². The molecule has 3 amide bonds. The van der Waals surface area contributed by atoms with Crippen LogP contribution in [0.1, 0.15) is 89.4 Å². The number of hydrogen-bond donors (Lipinski definition) is 2. The highest BCUT2D eigenvalue weighted by molar-refractivity contribution is 6.01. The summed E-state index contributed by atoms with van der Waals surface area (Å²) in [5, 5.41) is 10.1. The SMILES string of the molecule is Cc1c(N2CCC3(CCN(C(=O)c4ccc([C@H]5C[C@@H](Nc6cnn(C)c(=O)c6C)CN(C)C5)cc4)CC3)CC2)ccc(C2CCC(=O)NC2=O)c1F. The third-order valence-corrected chi connectivity index (χ3v) is 12.3. The number of halogens is 1. The minimum atomic E-state index is -0.641. The summed E-state index contributed by atoms with van der Waals surface area (Å²) in [6, 6.07) is 12.0. The van der Waals surface area contributed by atoms with Crippen molar-refractivity contribution in [3.63, 3.8) is 0 Å². The average molecular weight is 712 g/mol. The van der Waals surface area contributed by atoms with Gasteiger partial charge >= 0.3 is 0 Å². The highest BCUT2D eigenvalue weighted by Crippen LogP contribution is 2.43. The first-order valence-corrected chi connectivity index (χ1v) is 18.7. The molecule has 0 bridgehead atoms. The second kappa shape index (κ2) is 14.4. The molecule has 0 aliphatic carbocycles. The van der Waals surface area contributed by atoms with Gasteiger partial charge < -0.3 is 20.0 Å². The summed E-state index contributed by atoms with van der Waals surface area (Å²) in [6.07, 6.45) is 7.08. The Morgan fingerprint density at radius 2 is 1.62 bits per heavy atom. The Morgan fingerprint density at radius 3 is 2.31 bits per heavy atom. The van der Waals surface area contributed by atoms with Gasteiger partial charge in [0, 0.05) is 86.7 Å². The molecule has 4 aliphatic heterocycles. The van der Waals surface area contributed by atoms with Crippen molar-refractivity contribution in [3.8, 4) is 0 Å². The monoisotopic (exact) mass is 711 g/mol. The number of piperidine rings is 4. The van der Waals surface area contributed by atoms with E-state index in [4.69, 9.17) is 0 Å². The van der Waals surface area contributed by atoms with Crippen molar-refractivity contribution in [2.24, 2.45) is 12.5 Å². The topological polar surface area (TPSA) is 120 Å². The van der Waals surface area contributed by atoms with Crippen molar-refractivity contribution in [2.45, 2.75) is 76.7 Å². The molecule has 0 saturated carbocycles. The number of hydrogen-bond acceptors (Lipinski definition) is 8. The number of nitrogens with zero attached hydrogens (tertiary/aromatic N) is 5. The van der Waals surface area contributed by atoms with Crippen LogP contribution in [0.2, 0.25) is 0 Å². The summed E-state index contributed by atoms with van der Waals surface area (Å²) < 4.78 is 16.9. The zero-order valence-electron chi connectivity index (χ0n) is 30.7. The van der Waals surface area contributed by atoms with Crippen LogP contribution in [0.4, 0.5) is 15.8 Å². The van der Waals surface area contributed by atoms with Gasteiger partial charge in [-0.2, -0.15) is 5.10 Å². The molecule has 7 rings (SSSR count). The molecule has 12 heteroatoms. The lowest BCUT2D eigenvalue weighted by molar-refractivity contribution is -0.134. The summed E-state index contributed by atoms with van der Waals surface area (Å²) in [4.78, 5) is 56.5. The maximum Gasteiger partial charge on any atom is 0.271 e. The second-order valence-corrected chi connectivity index (χ2v) is 15.6. The Kier molecular flexibility index (Phi) is 9.95. The molecule has 2 N–H and O–H groups in total. The van der Waals surface area contributed by atoms with Crippen molar-refractivity contribution in [1.29, 1.82) is 0 Å². The van der Waals surface area contributed by atoms with Gasteiger partial charge in [0.2, 0.25) is 11.8 Å². The molecule has 11 nitrogen and oxygen atoms in total. The Labute approximate surface area is 304 Å². The van der Waals surface area contributed by atoms with Crippen LogP contribution in [0.25, 0.3) is 0 Å². The Morgan fingerprint density at radius 1 is 0.923 bits per heavy atom. The number of nitrogens with one attached hydrogen (secondary N) is 2. The summed E-state index contributed by atoms with van der Waals surface area (Å²) in [5.74, 6) is -1.35. The summed E-state index contributed by atoms with van der Waals surface area (Å²) in [5.41, 5.74) is 5.22. The van der Waals surface area contributed by atoms with Crippen LogP contribution in [-0.4, -0.2) is 89.7 Å². The van der Waals surface area contributed by atoms with Gasteiger partial charge in [-0.15, -0.1) is 0 Å². The second-order valence-electron chi connectivity index (χ2n) is 15.6. The van der Waals surface area contributed by atoms with E-state index in [0.717, 1.165) is 82.7 Å². The van der Waals surface area contributed by atoms with Gasteiger partial charge in [0.15, 0.2) is 0 Å². The molecule has 0 radical (unpaired) electrons. The molecule has 4 fully saturated rings. The quantitative estimate of drug-likeness (QED) is 0.360. The Bertz CT molecular complexity index is 1910. The number of aryl methyl sites for hydroxylation is 1. The number of anilines is 2. The number of rotatable bonds is 6. The molecule has 4 aliphatic rings. The molecule has 3 atom stereocenters. The normalized spacial score (nSPS) is 23.8. The molecule has 4 saturated heterocycles. The molecule has 1 spiro atoms. The number of imide groups is 1. The number of aromatic nitrogens is 2. The lowest BCUT2D eigenvalue weighted by Gasteiger charge is -2.47. The first-order valence-electron chi connectivity index (χ1n) is 18.7. The zero-order valence-corrected chi connectivity index (χ0v) is 30.7. The van der Waals surface area contributed by atoms with Gasteiger partial charge in [0.1, 0.15) is 5.82 Å². The lowest BCUT2D eigenvalue weighted by Crippen LogP contribution is -2.48. The predicted molar refractivity (Wildman–Crippen MR) is 198 cm³/mol. The molecule has 52 heavy (non-hydrogen) atoms. The van der Waals surface area contributed by atoms with Gasteiger partial charge in [-0.1, -0.05) is 18.2 Å². The first-order chi connectivity index (χ1) is 24.9. The highest BCUT2D eigenvalue weighted by Gasteiger charge is 2.39. The van der Waals surface area contributed by atoms with Crippen molar-refractivity contribution in [1.82, 2.24) is 24.9 Å². The maximum absolute atomic E-state index is 15.6. The smallest absolute Gasteiger partial charge is 0.271 e. The first kappa shape index (κ1) is 35.8. The van der Waals surface area contributed by atoms with Crippen molar-refractivity contribution < 1.29 is 18.8 Å². The number of benzene rings is 2. The van der Waals surface area contributed by atoms with E-state index in [-0.39, 0.29) is 41.1 Å². The largest absolute Gasteiger partial charge is 0.379 e. The Balaban J connectivity index is 0.923. The van der Waals surface area contributed by atoms with Gasteiger partial charge in [-0.3, -0.25) is 24.5 Å². The predicted octanol–water partition coefficient (Wildman–Crippen LogP) is 4.48. The highest BCUT2D eigenvalue weighted by atomic mass is 19.1. The number of carbonyl (C=O) groups excluding carboxylic acids is 3. The summed E-state index contributed by atoms with van der Waals surface area (Å²) >= 11 is 0.